The minimum Gasteiger partial charge on any atom is -0.504 e. The largest absolute Gasteiger partial charge is 0.504 e. The molecule has 0 saturated carbocycles. The third-order valence-corrected chi connectivity index (χ3v) is 4.62. The van der Waals surface area contributed by atoms with E-state index in [1.54, 1.807) is 31.2 Å². The van der Waals surface area contributed by atoms with Crippen molar-refractivity contribution in [2.24, 2.45) is 0 Å². The average molecular weight is 415 g/mol. The molecule has 4 aromatic rings. The van der Waals surface area contributed by atoms with Crippen LogP contribution in [0.15, 0.2) is 42.6 Å². The number of nitrogens with two attached hydrogens (primary N) is 1. The van der Waals surface area contributed by atoms with Crippen molar-refractivity contribution in [2.45, 2.75) is 13.1 Å². The molecule has 3 N–H and O–H groups in total. The molecule has 0 amide bonds. The molecule has 0 bridgehead atoms. The fourth-order valence-electron chi connectivity index (χ4n) is 3.21. The van der Waals surface area contributed by atoms with Gasteiger partial charge < -0.3 is 15.6 Å². The van der Waals surface area contributed by atoms with Crippen LogP contribution >= 0.6 is 0 Å². The number of alkyl halides is 3. The Balaban J connectivity index is 1.89. The Morgan fingerprint density at radius 1 is 1.10 bits per heavy atom. The number of pyridine rings is 1. The van der Waals surface area contributed by atoms with Crippen LogP contribution in [0.3, 0.4) is 0 Å². The summed E-state index contributed by atoms with van der Waals surface area (Å²) in [7, 11) is 1.44. The number of rotatable bonds is 3. The molecule has 154 valence electrons. The molecule has 0 aliphatic heterocycles. The van der Waals surface area contributed by atoms with Crippen molar-refractivity contribution in [2.75, 3.05) is 12.8 Å². The average Bonchev–Trinajstić information content (AvgIpc) is 3.02. The summed E-state index contributed by atoms with van der Waals surface area (Å²) >= 11 is 0. The second-order valence-electron chi connectivity index (χ2n) is 6.58. The molecule has 0 radical (unpaired) electrons. The molecule has 0 saturated heterocycles. The first-order chi connectivity index (χ1) is 14.2. The van der Waals surface area contributed by atoms with Crippen molar-refractivity contribution in [1.82, 2.24) is 19.6 Å². The summed E-state index contributed by atoms with van der Waals surface area (Å²) in [6.45, 7) is 1.67. The van der Waals surface area contributed by atoms with E-state index in [2.05, 4.69) is 15.1 Å². The Labute approximate surface area is 168 Å². The van der Waals surface area contributed by atoms with E-state index in [4.69, 9.17) is 10.5 Å². The number of halogens is 3. The van der Waals surface area contributed by atoms with Crippen molar-refractivity contribution in [1.29, 1.82) is 0 Å². The summed E-state index contributed by atoms with van der Waals surface area (Å²) < 4.78 is 46.3. The highest BCUT2D eigenvalue weighted by Crippen LogP contribution is 2.36. The molecule has 0 unspecified atom stereocenters. The van der Waals surface area contributed by atoms with E-state index < -0.39 is 17.6 Å². The quantitative estimate of drug-likeness (QED) is 0.523. The molecule has 30 heavy (non-hydrogen) atoms. The van der Waals surface area contributed by atoms with Gasteiger partial charge in [-0.3, -0.25) is 0 Å². The molecule has 0 aliphatic rings. The number of methoxy groups -OCH3 is 1. The summed E-state index contributed by atoms with van der Waals surface area (Å²) in [6, 6.07) is 9.12. The fourth-order valence-corrected chi connectivity index (χ4v) is 3.21. The van der Waals surface area contributed by atoms with E-state index in [0.717, 1.165) is 6.07 Å². The maximum atomic E-state index is 13.3. The van der Waals surface area contributed by atoms with Crippen LogP contribution in [-0.2, 0) is 6.18 Å². The van der Waals surface area contributed by atoms with Gasteiger partial charge in [0.25, 0.3) is 0 Å². The van der Waals surface area contributed by atoms with Crippen LogP contribution in [0.1, 0.15) is 11.3 Å². The number of aromatic hydroxyl groups is 1. The number of phenolic OH excluding ortho intramolecular Hbond substituents is 1. The zero-order valence-electron chi connectivity index (χ0n) is 15.9. The van der Waals surface area contributed by atoms with Crippen LogP contribution in [0, 0.1) is 6.92 Å². The van der Waals surface area contributed by atoms with Crippen LogP contribution in [0.4, 0.5) is 19.0 Å². The number of nitrogen functional groups attached to an aromatic ring is 1. The number of imidazole rings is 1. The number of benzene rings is 1. The Hall–Kier alpha value is -3.82. The normalized spacial score (nSPS) is 11.8. The molecule has 7 nitrogen and oxygen atoms in total. The molecule has 4 rings (SSSR count). The molecule has 3 aromatic heterocycles. The predicted molar refractivity (Wildman–Crippen MR) is 104 cm³/mol. The Kier molecular flexibility index (Phi) is 4.49. The molecule has 0 atom stereocenters. The maximum absolute atomic E-state index is 13.3. The minimum absolute atomic E-state index is 0.0588. The highest BCUT2D eigenvalue weighted by Gasteiger charge is 2.34. The lowest BCUT2D eigenvalue weighted by atomic mass is 10.1. The van der Waals surface area contributed by atoms with Crippen molar-refractivity contribution in [3.63, 3.8) is 0 Å². The lowest BCUT2D eigenvalue weighted by Gasteiger charge is -2.11. The van der Waals surface area contributed by atoms with Crippen LogP contribution in [0.5, 0.6) is 11.5 Å². The van der Waals surface area contributed by atoms with Crippen LogP contribution in [-0.4, -0.2) is 31.8 Å². The summed E-state index contributed by atoms with van der Waals surface area (Å²) in [4.78, 5) is 8.08. The van der Waals surface area contributed by atoms with Crippen LogP contribution in [0.2, 0.25) is 0 Å². The molecular weight excluding hydrogens is 399 g/mol. The van der Waals surface area contributed by atoms with Crippen molar-refractivity contribution in [3.8, 4) is 34.0 Å². The molecule has 10 heteroatoms. The van der Waals surface area contributed by atoms with Gasteiger partial charge in [0.15, 0.2) is 17.1 Å². The van der Waals surface area contributed by atoms with Gasteiger partial charge in [-0.15, -0.1) is 0 Å². The maximum Gasteiger partial charge on any atom is 0.419 e. The number of fused-ring (bicyclic) bond motifs is 1. The van der Waals surface area contributed by atoms with E-state index in [9.17, 15) is 18.3 Å². The number of nitrogens with zero attached hydrogens (tertiary/aromatic N) is 4. The monoisotopic (exact) mass is 415 g/mol. The lowest BCUT2D eigenvalue weighted by molar-refractivity contribution is -0.137. The third kappa shape index (κ3) is 3.25. The molecule has 3 heterocycles. The first-order valence-electron chi connectivity index (χ1n) is 8.76. The van der Waals surface area contributed by atoms with Gasteiger partial charge in [-0.2, -0.15) is 18.3 Å². The first kappa shape index (κ1) is 19.5. The smallest absolute Gasteiger partial charge is 0.419 e. The zero-order valence-corrected chi connectivity index (χ0v) is 15.9. The molecule has 0 aliphatic carbocycles. The summed E-state index contributed by atoms with van der Waals surface area (Å²) in [6.07, 6.45) is -3.38. The topological polar surface area (TPSA) is 98.6 Å². The fraction of sp³-hybridized carbons (Fsp3) is 0.150. The van der Waals surface area contributed by atoms with Crippen LogP contribution < -0.4 is 10.5 Å². The number of aromatic nitrogens is 4. The molecule has 0 fully saturated rings. The molecule has 0 spiro atoms. The van der Waals surface area contributed by atoms with Crippen molar-refractivity contribution < 1.29 is 23.0 Å². The predicted octanol–water partition coefficient (Wildman–Crippen LogP) is 4.08. The van der Waals surface area contributed by atoms with Crippen LogP contribution in [0.25, 0.3) is 28.2 Å². The summed E-state index contributed by atoms with van der Waals surface area (Å²) in [5.41, 5.74) is 6.96. The van der Waals surface area contributed by atoms with Gasteiger partial charge in [-0.05, 0) is 43.3 Å². The van der Waals surface area contributed by atoms with Crippen molar-refractivity contribution >= 4 is 11.5 Å². The second kappa shape index (κ2) is 6.90. The van der Waals surface area contributed by atoms with E-state index in [1.807, 2.05) is 0 Å². The van der Waals surface area contributed by atoms with Gasteiger partial charge in [0.2, 0.25) is 0 Å². The summed E-state index contributed by atoms with van der Waals surface area (Å²) in [5, 5.41) is 14.6. The highest BCUT2D eigenvalue weighted by molar-refractivity contribution is 5.70. The zero-order chi connectivity index (χ0) is 21.6. The third-order valence-electron chi connectivity index (χ3n) is 4.62. The Morgan fingerprint density at radius 3 is 2.53 bits per heavy atom. The molecule has 1 aromatic carbocycles. The number of aryl methyl sites for hydroxylation is 1. The second-order valence-corrected chi connectivity index (χ2v) is 6.58. The van der Waals surface area contributed by atoms with Crippen molar-refractivity contribution in [3.05, 3.63) is 53.9 Å². The van der Waals surface area contributed by atoms with E-state index >= 15 is 0 Å². The number of anilines is 1. The standard InChI is InChI=1S/C20H16F3N5O2/c1-10-18(12-7-13(20(21,22)23)19(24)25-9-12)28-17(26-10)6-4-14(27-28)11-3-5-16(30-2)15(29)8-11/h3-9,29H,1-2H3,(H2,24,25). The number of phenols is 1. The van der Waals surface area contributed by atoms with E-state index in [-0.39, 0.29) is 11.3 Å². The number of hydrogen-bond donors (Lipinski definition) is 2. The number of ether oxygens (including phenoxy) is 1. The van der Waals surface area contributed by atoms with Gasteiger partial charge in [0.05, 0.1) is 29.8 Å². The SMILES string of the molecule is COc1ccc(-c2ccc3nc(C)c(-c4cnc(N)c(C(F)(F)F)c4)n3n2)cc1O. The Bertz CT molecular complexity index is 1270. The van der Waals surface area contributed by atoms with Gasteiger partial charge in [-0.1, -0.05) is 0 Å². The van der Waals surface area contributed by atoms with Gasteiger partial charge >= 0.3 is 6.18 Å². The summed E-state index contributed by atoms with van der Waals surface area (Å²) in [5.74, 6) is -0.344. The van der Waals surface area contributed by atoms with E-state index in [1.165, 1.54) is 23.9 Å². The minimum atomic E-state index is -4.64. The van der Waals surface area contributed by atoms with Gasteiger partial charge in [0, 0.05) is 17.3 Å². The first-order valence-corrected chi connectivity index (χ1v) is 8.76. The lowest BCUT2D eigenvalue weighted by Crippen LogP contribution is -2.11. The van der Waals surface area contributed by atoms with E-state index in [0.29, 0.717) is 34.0 Å². The highest BCUT2D eigenvalue weighted by atomic mass is 19.4. The number of hydrogen-bond acceptors (Lipinski definition) is 6. The van der Waals surface area contributed by atoms with Gasteiger partial charge in [0.1, 0.15) is 5.82 Å². The molecular formula is C20H16F3N5O2. The van der Waals surface area contributed by atoms with Gasteiger partial charge in [-0.25, -0.2) is 14.5 Å². The Morgan fingerprint density at radius 2 is 1.87 bits per heavy atom.